The number of ether oxygens (including phenoxy) is 1. The number of aromatic nitrogens is 1. The fourth-order valence-corrected chi connectivity index (χ4v) is 3.11. The van der Waals surface area contributed by atoms with Gasteiger partial charge in [-0.25, -0.2) is 0 Å². The third-order valence-electron chi connectivity index (χ3n) is 4.66. The lowest BCUT2D eigenvalue weighted by Gasteiger charge is -2.26. The number of nitrogens with two attached hydrogens (primary N) is 1. The van der Waals surface area contributed by atoms with E-state index in [2.05, 4.69) is 15.8 Å². The van der Waals surface area contributed by atoms with Gasteiger partial charge < -0.3 is 15.4 Å². The number of amides is 1. The van der Waals surface area contributed by atoms with Gasteiger partial charge in [-0.05, 0) is 41.7 Å². The fourth-order valence-electron chi connectivity index (χ4n) is 3.11. The normalized spacial score (nSPS) is 15.0. The lowest BCUT2D eigenvalue weighted by molar-refractivity contribution is -0.142. The maximum absolute atomic E-state index is 12.5. The summed E-state index contributed by atoms with van der Waals surface area (Å²) in [5.41, 5.74) is 9.60. The van der Waals surface area contributed by atoms with Crippen LogP contribution in [0, 0.1) is 0 Å². The zero-order chi connectivity index (χ0) is 19.2. The Morgan fingerprint density at radius 2 is 2.00 bits per heavy atom. The van der Waals surface area contributed by atoms with Crippen molar-refractivity contribution in [2.24, 2.45) is 5.73 Å². The molecule has 2 heterocycles. The number of carbonyl (C=O) groups excluding carboxylic acids is 2. The molecule has 1 aromatic carbocycles. The van der Waals surface area contributed by atoms with Crippen molar-refractivity contribution in [3.8, 4) is 0 Å². The van der Waals surface area contributed by atoms with Gasteiger partial charge in [0, 0.05) is 19.3 Å². The Labute approximate surface area is 158 Å². The van der Waals surface area contributed by atoms with Crippen molar-refractivity contribution in [3.05, 3.63) is 71.6 Å². The second kappa shape index (κ2) is 8.60. The number of nitrogens with zero attached hydrogens (tertiary/aromatic N) is 2. The van der Waals surface area contributed by atoms with Gasteiger partial charge >= 0.3 is 5.97 Å². The Morgan fingerprint density at radius 1 is 1.22 bits per heavy atom. The highest BCUT2D eigenvalue weighted by Crippen LogP contribution is 2.23. The van der Waals surface area contributed by atoms with Crippen LogP contribution in [-0.2, 0) is 16.0 Å². The highest BCUT2D eigenvalue weighted by molar-refractivity contribution is 5.92. The molecule has 1 aromatic heterocycles. The van der Waals surface area contributed by atoms with E-state index in [9.17, 15) is 9.59 Å². The van der Waals surface area contributed by atoms with E-state index >= 15 is 0 Å². The molecule has 1 amide bonds. The molecule has 3 rings (SSSR count). The molecule has 6 nitrogen and oxygen atoms in total. The van der Waals surface area contributed by atoms with E-state index in [4.69, 9.17) is 5.73 Å². The molecule has 1 aliphatic rings. The average molecular weight is 365 g/mol. The number of esters is 1. The van der Waals surface area contributed by atoms with Gasteiger partial charge in [-0.2, -0.15) is 0 Å². The molecule has 140 valence electrons. The van der Waals surface area contributed by atoms with Crippen LogP contribution in [0.1, 0.15) is 28.0 Å². The SMILES string of the molecule is COC(=O)[C@@H](N)Cc1ccc(C2=CCN(C(=O)c3ccccn3)CC2)cc1. The number of pyridine rings is 1. The molecule has 0 unspecified atom stereocenters. The predicted molar refractivity (Wildman–Crippen MR) is 103 cm³/mol. The minimum Gasteiger partial charge on any atom is -0.468 e. The molecular weight excluding hydrogens is 342 g/mol. The van der Waals surface area contributed by atoms with E-state index in [-0.39, 0.29) is 5.91 Å². The molecule has 2 N–H and O–H groups in total. The summed E-state index contributed by atoms with van der Waals surface area (Å²) in [7, 11) is 1.34. The molecule has 0 saturated heterocycles. The Hall–Kier alpha value is -2.99. The molecule has 0 radical (unpaired) electrons. The number of hydrogen-bond donors (Lipinski definition) is 1. The van der Waals surface area contributed by atoms with Crippen LogP contribution in [0.25, 0.3) is 5.57 Å². The summed E-state index contributed by atoms with van der Waals surface area (Å²) in [6.45, 7) is 1.23. The highest BCUT2D eigenvalue weighted by Gasteiger charge is 2.20. The summed E-state index contributed by atoms with van der Waals surface area (Å²) in [6, 6.07) is 12.7. The summed E-state index contributed by atoms with van der Waals surface area (Å²) in [5.74, 6) is -0.454. The summed E-state index contributed by atoms with van der Waals surface area (Å²) in [6.07, 6.45) is 4.95. The van der Waals surface area contributed by atoms with Crippen molar-refractivity contribution < 1.29 is 14.3 Å². The van der Waals surface area contributed by atoms with E-state index in [0.29, 0.717) is 25.2 Å². The van der Waals surface area contributed by atoms with Crippen LogP contribution < -0.4 is 5.73 Å². The van der Waals surface area contributed by atoms with Gasteiger partial charge in [0.1, 0.15) is 11.7 Å². The molecule has 0 spiro atoms. The quantitative estimate of drug-likeness (QED) is 0.820. The zero-order valence-electron chi connectivity index (χ0n) is 15.3. The average Bonchev–Trinajstić information content (AvgIpc) is 2.74. The minimum atomic E-state index is -0.652. The van der Waals surface area contributed by atoms with Crippen LogP contribution in [0.4, 0.5) is 0 Å². The van der Waals surface area contributed by atoms with Crippen LogP contribution in [0.3, 0.4) is 0 Å². The van der Waals surface area contributed by atoms with Crippen LogP contribution in [-0.4, -0.2) is 48.0 Å². The third kappa shape index (κ3) is 4.60. The van der Waals surface area contributed by atoms with Gasteiger partial charge in [0.2, 0.25) is 0 Å². The lowest BCUT2D eigenvalue weighted by Crippen LogP contribution is -2.35. The maximum atomic E-state index is 12.5. The van der Waals surface area contributed by atoms with Gasteiger partial charge in [-0.15, -0.1) is 0 Å². The molecule has 6 heteroatoms. The monoisotopic (exact) mass is 365 g/mol. The first-order valence-electron chi connectivity index (χ1n) is 8.90. The molecule has 0 aliphatic carbocycles. The summed E-state index contributed by atoms with van der Waals surface area (Å²) in [4.78, 5) is 29.8. The second-order valence-electron chi connectivity index (χ2n) is 6.48. The molecule has 0 saturated carbocycles. The van der Waals surface area contributed by atoms with Gasteiger partial charge in [0.15, 0.2) is 0 Å². The maximum Gasteiger partial charge on any atom is 0.322 e. The number of carbonyl (C=O) groups is 2. The van der Waals surface area contributed by atoms with E-state index in [1.807, 2.05) is 30.3 Å². The number of rotatable bonds is 5. The van der Waals surface area contributed by atoms with Gasteiger partial charge in [-0.3, -0.25) is 14.6 Å². The largest absolute Gasteiger partial charge is 0.468 e. The van der Waals surface area contributed by atoms with Gasteiger partial charge in [-0.1, -0.05) is 36.4 Å². The van der Waals surface area contributed by atoms with Crippen LogP contribution >= 0.6 is 0 Å². The summed E-state index contributed by atoms with van der Waals surface area (Å²) >= 11 is 0. The molecule has 1 atom stereocenters. The molecule has 0 bridgehead atoms. The molecule has 2 aromatic rings. The molecule has 0 fully saturated rings. The topological polar surface area (TPSA) is 85.5 Å². The minimum absolute atomic E-state index is 0.0435. The predicted octanol–water partition coefficient (Wildman–Crippen LogP) is 2.05. The van der Waals surface area contributed by atoms with Crippen molar-refractivity contribution in [1.29, 1.82) is 0 Å². The van der Waals surface area contributed by atoms with Crippen molar-refractivity contribution in [3.63, 3.8) is 0 Å². The Bertz CT molecular complexity index is 832. The molecule has 1 aliphatic heterocycles. The summed E-state index contributed by atoms with van der Waals surface area (Å²) in [5, 5.41) is 0. The van der Waals surface area contributed by atoms with E-state index in [1.54, 1.807) is 23.2 Å². The highest BCUT2D eigenvalue weighted by atomic mass is 16.5. The standard InChI is InChI=1S/C21H23N3O3/c1-27-21(26)18(22)14-15-5-7-16(8-6-15)17-9-12-24(13-10-17)20(25)19-4-2-3-11-23-19/h2-9,11,18H,10,12-14,22H2,1H3/t18-/m0/s1. The second-order valence-corrected chi connectivity index (χ2v) is 6.48. The lowest BCUT2D eigenvalue weighted by atomic mass is 9.97. The number of methoxy groups -OCH3 is 1. The van der Waals surface area contributed by atoms with Crippen LogP contribution in [0.5, 0.6) is 0 Å². The first kappa shape index (κ1) is 18.8. The van der Waals surface area contributed by atoms with E-state index in [0.717, 1.165) is 17.5 Å². The van der Waals surface area contributed by atoms with Crippen molar-refractivity contribution in [1.82, 2.24) is 9.88 Å². The zero-order valence-corrected chi connectivity index (χ0v) is 15.3. The Kier molecular flexibility index (Phi) is 5.98. The fraction of sp³-hybridized carbons (Fsp3) is 0.286. The van der Waals surface area contributed by atoms with Gasteiger partial charge in [0.05, 0.1) is 7.11 Å². The van der Waals surface area contributed by atoms with Crippen molar-refractivity contribution >= 4 is 17.4 Å². The number of benzene rings is 1. The Morgan fingerprint density at radius 3 is 2.59 bits per heavy atom. The van der Waals surface area contributed by atoms with Crippen LogP contribution in [0.2, 0.25) is 0 Å². The number of hydrogen-bond acceptors (Lipinski definition) is 5. The van der Waals surface area contributed by atoms with E-state index in [1.165, 1.54) is 12.7 Å². The smallest absolute Gasteiger partial charge is 0.322 e. The van der Waals surface area contributed by atoms with Crippen LogP contribution in [0.15, 0.2) is 54.7 Å². The molecular formula is C21H23N3O3. The first-order chi connectivity index (χ1) is 13.1. The molecule has 27 heavy (non-hydrogen) atoms. The first-order valence-corrected chi connectivity index (χ1v) is 8.90. The van der Waals surface area contributed by atoms with Crippen molar-refractivity contribution in [2.75, 3.05) is 20.2 Å². The Balaban J connectivity index is 1.62. The van der Waals surface area contributed by atoms with E-state index < -0.39 is 12.0 Å². The summed E-state index contributed by atoms with van der Waals surface area (Å²) < 4.78 is 4.65. The third-order valence-corrected chi connectivity index (χ3v) is 4.66. The van der Waals surface area contributed by atoms with Gasteiger partial charge in [0.25, 0.3) is 5.91 Å². The van der Waals surface area contributed by atoms with Crippen molar-refractivity contribution in [2.45, 2.75) is 18.9 Å².